The highest BCUT2D eigenvalue weighted by molar-refractivity contribution is 7.80. The van der Waals surface area contributed by atoms with E-state index < -0.39 is 10.8 Å². The fourth-order valence-electron chi connectivity index (χ4n) is 4.46. The largest absolute Gasteiger partial charge is 0.451 e. The molecule has 0 saturated heterocycles. The van der Waals surface area contributed by atoms with Gasteiger partial charge in [-0.15, -0.1) is 15.0 Å². The number of carbonyl (C=O) groups excluding carboxylic acids is 1. The van der Waals surface area contributed by atoms with Crippen LogP contribution in [0.25, 0.3) is 38.8 Å². The molecule has 0 unspecified atom stereocenters. The van der Waals surface area contributed by atoms with Crippen molar-refractivity contribution in [3.8, 4) is 17.0 Å². The monoisotopic (exact) mass is 548 g/mol. The lowest BCUT2D eigenvalue weighted by atomic mass is 10.1. The maximum Gasteiger partial charge on any atom is 0.293 e. The van der Waals surface area contributed by atoms with Crippen molar-refractivity contribution in [3.05, 3.63) is 112 Å². The number of rotatable bonds is 5. The van der Waals surface area contributed by atoms with Gasteiger partial charge in [0.25, 0.3) is 11.6 Å². The average Bonchev–Trinajstić information content (AvgIpc) is 3.60. The number of aromatic nitrogens is 3. The van der Waals surface area contributed by atoms with E-state index in [9.17, 15) is 14.9 Å². The summed E-state index contributed by atoms with van der Waals surface area (Å²) in [7, 11) is 0. The van der Waals surface area contributed by atoms with Crippen molar-refractivity contribution < 1.29 is 14.1 Å². The second-order valence-electron chi connectivity index (χ2n) is 8.99. The van der Waals surface area contributed by atoms with Gasteiger partial charge in [-0.25, -0.2) is 0 Å². The molecule has 6 aromatic rings. The maximum atomic E-state index is 12.8. The van der Waals surface area contributed by atoms with Crippen LogP contribution in [0.1, 0.15) is 16.1 Å². The number of hydrogen-bond acceptors (Lipinski definition) is 7. The van der Waals surface area contributed by atoms with Gasteiger partial charge < -0.3 is 9.73 Å². The lowest BCUT2D eigenvalue weighted by Gasteiger charge is -2.10. The number of nitrogens with zero attached hydrogens (tertiary/aromatic N) is 4. The lowest BCUT2D eigenvalue weighted by Crippen LogP contribution is -2.34. The number of para-hydroxylation sites is 1. The summed E-state index contributed by atoms with van der Waals surface area (Å²) < 4.78 is 5.61. The number of anilines is 1. The number of fused-ring (bicyclic) bond motifs is 2. The molecule has 11 heteroatoms. The third-order valence-electron chi connectivity index (χ3n) is 6.38. The van der Waals surface area contributed by atoms with Crippen molar-refractivity contribution in [2.75, 3.05) is 5.32 Å². The molecular weight excluding hydrogens is 528 g/mol. The summed E-state index contributed by atoms with van der Waals surface area (Å²) in [6.45, 7) is 1.90. The van der Waals surface area contributed by atoms with Gasteiger partial charge in [0.15, 0.2) is 10.9 Å². The Hall–Kier alpha value is -5.42. The van der Waals surface area contributed by atoms with Gasteiger partial charge in [-0.3, -0.25) is 20.2 Å². The Balaban J connectivity index is 1.20. The number of nitro groups is 1. The van der Waals surface area contributed by atoms with Gasteiger partial charge in [0.1, 0.15) is 16.8 Å². The zero-order valence-corrected chi connectivity index (χ0v) is 21.8. The smallest absolute Gasteiger partial charge is 0.293 e. The number of benzene rings is 4. The molecule has 6 rings (SSSR count). The van der Waals surface area contributed by atoms with Gasteiger partial charge in [-0.2, -0.15) is 0 Å². The molecule has 4 aromatic carbocycles. The first-order valence-electron chi connectivity index (χ1n) is 12.2. The molecule has 0 atom stereocenters. The first-order valence-corrected chi connectivity index (χ1v) is 12.6. The van der Waals surface area contributed by atoms with E-state index in [4.69, 9.17) is 16.6 Å². The van der Waals surface area contributed by atoms with E-state index in [0.717, 1.165) is 22.0 Å². The van der Waals surface area contributed by atoms with Crippen LogP contribution in [-0.4, -0.2) is 30.9 Å². The van der Waals surface area contributed by atoms with E-state index in [-0.39, 0.29) is 27.9 Å². The summed E-state index contributed by atoms with van der Waals surface area (Å²) in [5, 5.41) is 28.5. The molecule has 0 bridgehead atoms. The van der Waals surface area contributed by atoms with E-state index in [0.29, 0.717) is 16.7 Å². The molecule has 2 N–H and O–H groups in total. The summed E-state index contributed by atoms with van der Waals surface area (Å²) >= 11 is 5.37. The number of nitro benzene ring substituents is 1. The van der Waals surface area contributed by atoms with Gasteiger partial charge in [0.2, 0.25) is 0 Å². The molecule has 2 heterocycles. The Bertz CT molecular complexity index is 1960. The summed E-state index contributed by atoms with van der Waals surface area (Å²) in [6.07, 6.45) is 0. The molecule has 0 aliphatic carbocycles. The van der Waals surface area contributed by atoms with Crippen LogP contribution in [0, 0.1) is 17.0 Å². The second-order valence-corrected chi connectivity index (χ2v) is 9.40. The van der Waals surface area contributed by atoms with Gasteiger partial charge in [0.05, 0.1) is 16.2 Å². The molecule has 0 aliphatic rings. The standard InChI is InChI=1S/C29H20N6O4S/c1-17-15-22-23(33-34(32-22)24-12-6-8-18-7-2-3-9-19(18)24)16-21(17)30-29(40)31-28(36)27-14-13-26(39-27)20-10-4-5-11-25(20)35(37)38/h2-16H,1H3,(H2,30,31,36,40). The molecule has 0 aliphatic heterocycles. The van der Waals surface area contributed by atoms with Crippen molar-refractivity contribution in [2.45, 2.75) is 6.92 Å². The van der Waals surface area contributed by atoms with Gasteiger partial charge in [0, 0.05) is 17.1 Å². The van der Waals surface area contributed by atoms with Crippen LogP contribution in [0.5, 0.6) is 0 Å². The van der Waals surface area contributed by atoms with Crippen LogP contribution < -0.4 is 10.6 Å². The topological polar surface area (TPSA) is 128 Å². The maximum absolute atomic E-state index is 12.8. The zero-order valence-electron chi connectivity index (χ0n) is 21.0. The van der Waals surface area contributed by atoms with E-state index in [1.54, 1.807) is 23.0 Å². The number of carbonyl (C=O) groups is 1. The Morgan fingerprint density at radius 1 is 0.950 bits per heavy atom. The van der Waals surface area contributed by atoms with E-state index in [1.807, 2.05) is 61.5 Å². The third kappa shape index (κ3) is 4.65. The minimum atomic E-state index is -0.594. The summed E-state index contributed by atoms with van der Waals surface area (Å²) in [5.74, 6) is -0.433. The summed E-state index contributed by atoms with van der Waals surface area (Å²) in [5.41, 5.74) is 3.88. The molecule has 40 heavy (non-hydrogen) atoms. The molecule has 0 saturated carbocycles. The van der Waals surface area contributed by atoms with Gasteiger partial charge in [-0.05, 0) is 66.5 Å². The Morgan fingerprint density at radius 2 is 1.68 bits per heavy atom. The van der Waals surface area contributed by atoms with E-state index >= 15 is 0 Å². The predicted octanol–water partition coefficient (Wildman–Crippen LogP) is 6.18. The van der Waals surface area contributed by atoms with Crippen molar-refractivity contribution in [1.29, 1.82) is 0 Å². The van der Waals surface area contributed by atoms with Crippen molar-refractivity contribution >= 4 is 56.4 Å². The van der Waals surface area contributed by atoms with Crippen LogP contribution in [0.4, 0.5) is 11.4 Å². The third-order valence-corrected chi connectivity index (χ3v) is 6.58. The van der Waals surface area contributed by atoms with Crippen LogP contribution in [0.2, 0.25) is 0 Å². The average molecular weight is 549 g/mol. The SMILES string of the molecule is Cc1cc2nn(-c3cccc4ccccc34)nc2cc1NC(=S)NC(=O)c1ccc(-c2ccccc2[N+](=O)[O-])o1. The summed E-state index contributed by atoms with van der Waals surface area (Å²) in [6, 6.07) is 26.8. The number of nitrogens with one attached hydrogen (secondary N) is 2. The first-order chi connectivity index (χ1) is 19.4. The Kier molecular flexibility index (Phi) is 6.25. The van der Waals surface area contributed by atoms with E-state index in [2.05, 4.69) is 20.8 Å². The Labute approximate surface area is 232 Å². The molecule has 0 fully saturated rings. The second kappa shape index (κ2) is 10.0. The fraction of sp³-hybridized carbons (Fsp3) is 0.0345. The molecule has 10 nitrogen and oxygen atoms in total. The number of amides is 1. The summed E-state index contributed by atoms with van der Waals surface area (Å²) in [4.78, 5) is 25.2. The lowest BCUT2D eigenvalue weighted by molar-refractivity contribution is -0.384. The molecular formula is C29H20N6O4S. The van der Waals surface area contributed by atoms with E-state index in [1.165, 1.54) is 18.2 Å². The predicted molar refractivity (Wildman–Crippen MR) is 156 cm³/mol. The number of aryl methyl sites for hydroxylation is 1. The highest BCUT2D eigenvalue weighted by Gasteiger charge is 2.20. The normalized spacial score (nSPS) is 11.0. The van der Waals surface area contributed by atoms with Gasteiger partial charge in [-0.1, -0.05) is 48.5 Å². The molecule has 0 radical (unpaired) electrons. The molecule has 0 spiro atoms. The van der Waals surface area contributed by atoms with Crippen LogP contribution in [-0.2, 0) is 0 Å². The molecule has 196 valence electrons. The van der Waals surface area contributed by atoms with Crippen molar-refractivity contribution in [3.63, 3.8) is 0 Å². The quantitative estimate of drug-likeness (QED) is 0.149. The van der Waals surface area contributed by atoms with Crippen LogP contribution in [0.3, 0.4) is 0 Å². The fourth-order valence-corrected chi connectivity index (χ4v) is 4.66. The van der Waals surface area contributed by atoms with Crippen molar-refractivity contribution in [1.82, 2.24) is 20.3 Å². The van der Waals surface area contributed by atoms with Gasteiger partial charge >= 0.3 is 0 Å². The highest BCUT2D eigenvalue weighted by atomic mass is 32.1. The van der Waals surface area contributed by atoms with Crippen molar-refractivity contribution in [2.24, 2.45) is 0 Å². The number of thiocarbonyl (C=S) groups is 1. The molecule has 2 aromatic heterocycles. The van der Waals surface area contributed by atoms with Crippen LogP contribution >= 0.6 is 12.2 Å². The zero-order chi connectivity index (χ0) is 27.8. The minimum Gasteiger partial charge on any atom is -0.451 e. The number of furan rings is 1. The van der Waals surface area contributed by atoms with Crippen LogP contribution in [0.15, 0.2) is 95.4 Å². The first kappa shape index (κ1) is 24.9. The highest BCUT2D eigenvalue weighted by Crippen LogP contribution is 2.31. The number of hydrogen-bond donors (Lipinski definition) is 2. The Morgan fingerprint density at radius 3 is 2.50 bits per heavy atom. The minimum absolute atomic E-state index is 0.0393. The molecule has 1 amide bonds.